The van der Waals surface area contributed by atoms with Crippen LogP contribution in [0.4, 0.5) is 4.39 Å². The summed E-state index contributed by atoms with van der Waals surface area (Å²) >= 11 is 3.17. The predicted molar refractivity (Wildman–Crippen MR) is 77.7 cm³/mol. The quantitative estimate of drug-likeness (QED) is 0.738. The molecule has 1 aromatic rings. The third-order valence-corrected chi connectivity index (χ3v) is 4.68. The van der Waals surface area contributed by atoms with Crippen LogP contribution in [0.25, 0.3) is 0 Å². The van der Waals surface area contributed by atoms with Crippen LogP contribution < -0.4 is 0 Å². The van der Waals surface area contributed by atoms with E-state index in [0.29, 0.717) is 5.56 Å². The summed E-state index contributed by atoms with van der Waals surface area (Å²) < 4.78 is 13.8. The Morgan fingerprint density at radius 2 is 1.89 bits per heavy atom. The molecule has 0 bridgehead atoms. The van der Waals surface area contributed by atoms with Gasteiger partial charge in [0, 0.05) is 13.1 Å². The molecule has 2 nitrogen and oxygen atoms in total. The number of carbonyl (C=O) groups excluding carboxylic acids is 1. The van der Waals surface area contributed by atoms with Crippen molar-refractivity contribution in [1.29, 1.82) is 0 Å². The number of rotatable bonds is 2. The number of halogens is 2. The van der Waals surface area contributed by atoms with Crippen molar-refractivity contribution in [3.05, 3.63) is 34.1 Å². The number of carbonyl (C=O) groups is 1. The molecule has 0 aromatic heterocycles. The molecular formula is C15H19BrFNO. The van der Waals surface area contributed by atoms with E-state index in [2.05, 4.69) is 15.9 Å². The Balaban J connectivity index is 2.15. The Kier molecular flexibility index (Phi) is 4.97. The molecule has 0 aliphatic heterocycles. The van der Waals surface area contributed by atoms with Gasteiger partial charge in [-0.3, -0.25) is 4.79 Å². The first-order valence-electron chi connectivity index (χ1n) is 6.82. The minimum atomic E-state index is -0.389. The van der Waals surface area contributed by atoms with E-state index in [1.54, 1.807) is 17.0 Å². The van der Waals surface area contributed by atoms with E-state index in [1.165, 1.54) is 31.7 Å². The van der Waals surface area contributed by atoms with E-state index in [-0.39, 0.29) is 22.2 Å². The maximum Gasteiger partial charge on any atom is 0.255 e. The zero-order valence-corrected chi connectivity index (χ0v) is 12.7. The molecule has 0 N–H and O–H groups in total. The average molecular weight is 328 g/mol. The molecule has 2 rings (SSSR count). The first-order chi connectivity index (χ1) is 9.11. The highest BCUT2D eigenvalue weighted by atomic mass is 79.9. The van der Waals surface area contributed by atoms with Crippen molar-refractivity contribution in [2.24, 2.45) is 0 Å². The summed E-state index contributed by atoms with van der Waals surface area (Å²) in [6, 6.07) is 4.88. The molecule has 1 fully saturated rings. The molecule has 1 saturated carbocycles. The topological polar surface area (TPSA) is 20.3 Å². The molecule has 0 spiro atoms. The number of hydrogen-bond acceptors (Lipinski definition) is 1. The van der Waals surface area contributed by atoms with Gasteiger partial charge < -0.3 is 4.90 Å². The van der Waals surface area contributed by atoms with Gasteiger partial charge in [-0.15, -0.1) is 0 Å². The van der Waals surface area contributed by atoms with Gasteiger partial charge in [-0.05, 0) is 40.9 Å². The maximum absolute atomic E-state index is 13.5. The Bertz CT molecular complexity index is 455. The molecule has 1 amide bonds. The molecule has 19 heavy (non-hydrogen) atoms. The third-order valence-electron chi connectivity index (χ3n) is 3.87. The molecule has 0 radical (unpaired) electrons. The van der Waals surface area contributed by atoms with Crippen molar-refractivity contribution in [1.82, 2.24) is 4.90 Å². The van der Waals surface area contributed by atoms with Crippen LogP contribution in [0.3, 0.4) is 0 Å². The van der Waals surface area contributed by atoms with E-state index in [0.717, 1.165) is 12.8 Å². The zero-order valence-electron chi connectivity index (χ0n) is 11.2. The fourth-order valence-corrected chi connectivity index (χ4v) is 3.10. The Morgan fingerprint density at radius 3 is 2.53 bits per heavy atom. The molecule has 104 valence electrons. The summed E-state index contributed by atoms with van der Waals surface area (Å²) in [7, 11) is 1.83. The molecule has 4 heteroatoms. The lowest BCUT2D eigenvalue weighted by molar-refractivity contribution is 0.0716. The second-order valence-electron chi connectivity index (χ2n) is 5.16. The Morgan fingerprint density at radius 1 is 1.26 bits per heavy atom. The highest BCUT2D eigenvalue weighted by molar-refractivity contribution is 9.10. The minimum absolute atomic E-state index is 0.0988. The van der Waals surface area contributed by atoms with Gasteiger partial charge in [-0.2, -0.15) is 0 Å². The van der Waals surface area contributed by atoms with Crippen LogP contribution in [0.1, 0.15) is 48.9 Å². The summed E-state index contributed by atoms with van der Waals surface area (Å²) in [6.07, 6.45) is 6.95. The van der Waals surface area contributed by atoms with Crippen LogP contribution in [0.2, 0.25) is 0 Å². The normalized spacial score (nSPS) is 17.0. The fraction of sp³-hybridized carbons (Fsp3) is 0.533. The smallest absolute Gasteiger partial charge is 0.255 e. The number of amides is 1. The van der Waals surface area contributed by atoms with Gasteiger partial charge in [0.2, 0.25) is 0 Å². The van der Waals surface area contributed by atoms with Crippen molar-refractivity contribution in [3.63, 3.8) is 0 Å². The highest BCUT2D eigenvalue weighted by Gasteiger charge is 2.24. The Hall–Kier alpha value is -0.900. The van der Waals surface area contributed by atoms with Crippen molar-refractivity contribution in [2.45, 2.75) is 44.6 Å². The number of hydrogen-bond donors (Lipinski definition) is 0. The van der Waals surface area contributed by atoms with Crippen LogP contribution in [0.15, 0.2) is 22.7 Å². The maximum atomic E-state index is 13.5. The van der Waals surface area contributed by atoms with Crippen LogP contribution in [0, 0.1) is 5.82 Å². The minimum Gasteiger partial charge on any atom is -0.339 e. The van der Waals surface area contributed by atoms with Gasteiger partial charge in [0.05, 0.1) is 10.0 Å². The molecule has 0 atom stereocenters. The van der Waals surface area contributed by atoms with E-state index in [1.807, 2.05) is 7.05 Å². The number of nitrogens with zero attached hydrogens (tertiary/aromatic N) is 1. The lowest BCUT2D eigenvalue weighted by Crippen LogP contribution is -2.37. The largest absolute Gasteiger partial charge is 0.339 e. The number of benzene rings is 1. The molecule has 0 unspecified atom stereocenters. The highest BCUT2D eigenvalue weighted by Crippen LogP contribution is 2.25. The van der Waals surface area contributed by atoms with Crippen LogP contribution in [-0.2, 0) is 0 Å². The first kappa shape index (κ1) is 14.5. The van der Waals surface area contributed by atoms with Crippen LogP contribution in [-0.4, -0.2) is 23.9 Å². The molecule has 1 aromatic carbocycles. The fourth-order valence-electron chi connectivity index (χ4n) is 2.67. The van der Waals surface area contributed by atoms with Gasteiger partial charge in [0.25, 0.3) is 5.91 Å². The second kappa shape index (κ2) is 6.51. The van der Waals surface area contributed by atoms with Crippen molar-refractivity contribution in [2.75, 3.05) is 7.05 Å². The van der Waals surface area contributed by atoms with Gasteiger partial charge in [0.1, 0.15) is 5.82 Å². The molecule has 0 saturated heterocycles. The zero-order chi connectivity index (χ0) is 13.8. The lowest BCUT2D eigenvalue weighted by atomic mass is 10.1. The average Bonchev–Trinajstić information content (AvgIpc) is 2.69. The van der Waals surface area contributed by atoms with Crippen molar-refractivity contribution < 1.29 is 9.18 Å². The van der Waals surface area contributed by atoms with E-state index >= 15 is 0 Å². The summed E-state index contributed by atoms with van der Waals surface area (Å²) in [5.41, 5.74) is 0.409. The van der Waals surface area contributed by atoms with Crippen molar-refractivity contribution >= 4 is 21.8 Å². The van der Waals surface area contributed by atoms with E-state index < -0.39 is 0 Å². The standard InChI is InChI=1S/C15H19BrFNO/c1-18(11-7-4-2-3-5-8-11)15(19)12-9-6-10-13(17)14(12)16/h6,9-11H,2-5,7-8H2,1H3. The van der Waals surface area contributed by atoms with Gasteiger partial charge in [-0.1, -0.05) is 31.7 Å². The lowest BCUT2D eigenvalue weighted by Gasteiger charge is -2.27. The van der Waals surface area contributed by atoms with E-state index in [4.69, 9.17) is 0 Å². The van der Waals surface area contributed by atoms with Gasteiger partial charge in [-0.25, -0.2) is 4.39 Å². The SMILES string of the molecule is CN(C(=O)c1cccc(F)c1Br)C1CCCCCC1. The summed E-state index contributed by atoms with van der Waals surface area (Å²) in [4.78, 5) is 14.2. The first-order valence-corrected chi connectivity index (χ1v) is 7.61. The molecule has 1 aliphatic carbocycles. The van der Waals surface area contributed by atoms with E-state index in [9.17, 15) is 9.18 Å². The summed E-state index contributed by atoms with van der Waals surface area (Å²) in [6.45, 7) is 0. The third kappa shape index (κ3) is 3.35. The molecule has 0 heterocycles. The second-order valence-corrected chi connectivity index (χ2v) is 5.96. The van der Waals surface area contributed by atoms with Gasteiger partial charge >= 0.3 is 0 Å². The van der Waals surface area contributed by atoms with Crippen LogP contribution in [0.5, 0.6) is 0 Å². The molecule has 1 aliphatic rings. The summed E-state index contributed by atoms with van der Waals surface area (Å²) in [5, 5.41) is 0. The Labute approximate surface area is 122 Å². The van der Waals surface area contributed by atoms with Gasteiger partial charge in [0.15, 0.2) is 0 Å². The monoisotopic (exact) mass is 327 g/mol. The molecular weight excluding hydrogens is 309 g/mol. The predicted octanol–water partition coefficient (Wildman–Crippen LogP) is 4.38. The van der Waals surface area contributed by atoms with Crippen LogP contribution >= 0.6 is 15.9 Å². The van der Waals surface area contributed by atoms with Crippen molar-refractivity contribution in [3.8, 4) is 0 Å². The summed E-state index contributed by atoms with van der Waals surface area (Å²) in [5.74, 6) is -0.488.